The van der Waals surface area contributed by atoms with Gasteiger partial charge in [-0.3, -0.25) is 4.79 Å². The predicted molar refractivity (Wildman–Crippen MR) is 85.9 cm³/mol. The molecule has 0 aliphatic rings. The van der Waals surface area contributed by atoms with Gasteiger partial charge in [0.25, 0.3) is 0 Å². The normalized spacial score (nSPS) is 11.4. The van der Waals surface area contributed by atoms with Gasteiger partial charge < -0.3 is 5.32 Å². The van der Waals surface area contributed by atoms with Crippen LogP contribution in [0.5, 0.6) is 0 Å². The zero-order chi connectivity index (χ0) is 18.6. The summed E-state index contributed by atoms with van der Waals surface area (Å²) in [7, 11) is -4.08. The Morgan fingerprint density at radius 2 is 1.72 bits per heavy atom. The number of aryl methyl sites for hydroxylation is 1. The van der Waals surface area contributed by atoms with Crippen molar-refractivity contribution in [1.29, 1.82) is 0 Å². The Bertz CT molecular complexity index is 901. The number of carbonyl (C=O) groups is 1. The maximum atomic E-state index is 13.4. The Morgan fingerprint density at radius 1 is 1.00 bits per heavy atom. The Hall–Kier alpha value is -2.39. The fourth-order valence-electron chi connectivity index (χ4n) is 1.92. The molecule has 1 amide bonds. The van der Waals surface area contributed by atoms with E-state index in [1.54, 1.807) is 6.92 Å². The molecule has 0 aromatic heterocycles. The van der Waals surface area contributed by atoms with E-state index in [1.165, 1.54) is 12.1 Å². The van der Waals surface area contributed by atoms with E-state index in [4.69, 9.17) is 0 Å². The topological polar surface area (TPSA) is 75.3 Å². The summed E-state index contributed by atoms with van der Waals surface area (Å²) in [5.74, 6) is -3.46. The number of nitrogens with one attached hydrogen (secondary N) is 2. The van der Waals surface area contributed by atoms with Gasteiger partial charge in [-0.05, 0) is 42.8 Å². The predicted octanol–water partition coefficient (Wildman–Crippen LogP) is 2.72. The third-order valence-corrected chi connectivity index (χ3v) is 4.76. The molecule has 0 atom stereocenters. The minimum Gasteiger partial charge on any atom is -0.326 e. The average molecular weight is 372 g/mol. The number of halogens is 3. The van der Waals surface area contributed by atoms with Gasteiger partial charge in [-0.15, -0.1) is 0 Å². The van der Waals surface area contributed by atoms with Gasteiger partial charge in [0, 0.05) is 18.7 Å². The van der Waals surface area contributed by atoms with Crippen LogP contribution < -0.4 is 10.0 Å². The summed E-state index contributed by atoms with van der Waals surface area (Å²) in [6, 6.07) is 6.32. The summed E-state index contributed by atoms with van der Waals surface area (Å²) < 4.78 is 65.3. The first-order valence-electron chi connectivity index (χ1n) is 7.20. The van der Waals surface area contributed by atoms with Gasteiger partial charge in [0.15, 0.2) is 11.6 Å². The molecular formula is C16H15F3N2O3S. The molecule has 0 fully saturated rings. The molecule has 0 heterocycles. The lowest BCUT2D eigenvalue weighted by Gasteiger charge is -2.08. The Labute approximate surface area is 142 Å². The van der Waals surface area contributed by atoms with Gasteiger partial charge in [0.1, 0.15) is 5.82 Å². The summed E-state index contributed by atoms with van der Waals surface area (Å²) in [6.07, 6.45) is -0.224. The van der Waals surface area contributed by atoms with Crippen molar-refractivity contribution in [1.82, 2.24) is 4.72 Å². The second-order valence-electron chi connectivity index (χ2n) is 5.24. The average Bonchev–Trinajstić information content (AvgIpc) is 2.53. The molecule has 2 rings (SSSR count). The van der Waals surface area contributed by atoms with Gasteiger partial charge in [-0.1, -0.05) is 6.07 Å². The zero-order valence-electron chi connectivity index (χ0n) is 13.1. The highest BCUT2D eigenvalue weighted by atomic mass is 32.2. The Kier molecular flexibility index (Phi) is 5.81. The molecule has 0 radical (unpaired) electrons. The van der Waals surface area contributed by atoms with Crippen molar-refractivity contribution in [3.8, 4) is 0 Å². The second kappa shape index (κ2) is 7.66. The fraction of sp³-hybridized carbons (Fsp3) is 0.188. The van der Waals surface area contributed by atoms with E-state index in [0.29, 0.717) is 17.7 Å². The SMILES string of the molecule is Cc1ccc(NC(=O)CCNS(=O)(=O)c2ccc(F)c(F)c2)cc1F. The maximum Gasteiger partial charge on any atom is 0.240 e. The van der Waals surface area contributed by atoms with Crippen LogP contribution in [-0.2, 0) is 14.8 Å². The monoisotopic (exact) mass is 372 g/mol. The van der Waals surface area contributed by atoms with Crippen LogP contribution in [0.3, 0.4) is 0 Å². The van der Waals surface area contributed by atoms with Crippen molar-refractivity contribution in [2.75, 3.05) is 11.9 Å². The van der Waals surface area contributed by atoms with Crippen molar-refractivity contribution in [2.24, 2.45) is 0 Å². The summed E-state index contributed by atoms with van der Waals surface area (Å²) in [5.41, 5.74) is 0.675. The van der Waals surface area contributed by atoms with E-state index in [0.717, 1.165) is 12.1 Å². The van der Waals surface area contributed by atoms with Crippen molar-refractivity contribution in [3.63, 3.8) is 0 Å². The highest BCUT2D eigenvalue weighted by molar-refractivity contribution is 7.89. The van der Waals surface area contributed by atoms with E-state index in [1.807, 2.05) is 0 Å². The van der Waals surface area contributed by atoms with Crippen molar-refractivity contribution in [2.45, 2.75) is 18.2 Å². The van der Waals surface area contributed by atoms with Crippen LogP contribution in [-0.4, -0.2) is 20.9 Å². The first-order chi connectivity index (χ1) is 11.7. The smallest absolute Gasteiger partial charge is 0.240 e. The number of hydrogen-bond donors (Lipinski definition) is 2. The number of benzene rings is 2. The molecule has 2 aromatic rings. The molecule has 0 aliphatic heterocycles. The van der Waals surface area contributed by atoms with E-state index in [2.05, 4.69) is 10.0 Å². The zero-order valence-corrected chi connectivity index (χ0v) is 14.0. The Morgan fingerprint density at radius 3 is 2.36 bits per heavy atom. The number of sulfonamides is 1. The molecule has 5 nitrogen and oxygen atoms in total. The van der Waals surface area contributed by atoms with Crippen LogP contribution in [0.4, 0.5) is 18.9 Å². The van der Waals surface area contributed by atoms with E-state index >= 15 is 0 Å². The highest BCUT2D eigenvalue weighted by Gasteiger charge is 2.16. The van der Waals surface area contributed by atoms with Crippen LogP contribution in [0, 0.1) is 24.4 Å². The first-order valence-corrected chi connectivity index (χ1v) is 8.68. The second-order valence-corrected chi connectivity index (χ2v) is 7.00. The first kappa shape index (κ1) is 18.9. The minimum absolute atomic E-state index is 0.224. The van der Waals surface area contributed by atoms with Gasteiger partial charge >= 0.3 is 0 Å². The van der Waals surface area contributed by atoms with Crippen LogP contribution in [0.25, 0.3) is 0 Å². The molecule has 0 saturated heterocycles. The number of rotatable bonds is 6. The van der Waals surface area contributed by atoms with Crippen LogP contribution in [0.2, 0.25) is 0 Å². The number of amides is 1. The number of hydrogen-bond acceptors (Lipinski definition) is 3. The third kappa shape index (κ3) is 5.04. The quantitative estimate of drug-likeness (QED) is 0.819. The van der Waals surface area contributed by atoms with E-state index in [9.17, 15) is 26.4 Å². The Balaban J connectivity index is 1.91. The summed E-state index contributed by atoms with van der Waals surface area (Å²) in [5, 5.41) is 2.43. The molecule has 25 heavy (non-hydrogen) atoms. The molecule has 0 saturated carbocycles. The van der Waals surface area contributed by atoms with Gasteiger partial charge in [0.2, 0.25) is 15.9 Å². The lowest BCUT2D eigenvalue weighted by Crippen LogP contribution is -2.28. The number of carbonyl (C=O) groups excluding carboxylic acids is 1. The summed E-state index contributed by atoms with van der Waals surface area (Å²) in [4.78, 5) is 11.3. The molecule has 0 spiro atoms. The largest absolute Gasteiger partial charge is 0.326 e. The van der Waals surface area contributed by atoms with Gasteiger partial charge in [-0.2, -0.15) is 0 Å². The molecule has 2 N–H and O–H groups in total. The van der Waals surface area contributed by atoms with Crippen LogP contribution in [0.1, 0.15) is 12.0 Å². The standard InChI is InChI=1S/C16H15F3N2O3S/c1-10-2-3-11(8-14(10)18)21-16(22)6-7-20-25(23,24)12-4-5-13(17)15(19)9-12/h2-5,8-9,20H,6-7H2,1H3,(H,21,22). The van der Waals surface area contributed by atoms with E-state index in [-0.39, 0.29) is 18.7 Å². The molecule has 0 unspecified atom stereocenters. The molecule has 2 aromatic carbocycles. The van der Waals surface area contributed by atoms with E-state index < -0.39 is 38.3 Å². The third-order valence-electron chi connectivity index (χ3n) is 3.30. The van der Waals surface area contributed by atoms with Gasteiger partial charge in [0.05, 0.1) is 4.90 Å². The lowest BCUT2D eigenvalue weighted by atomic mass is 10.2. The minimum atomic E-state index is -4.08. The summed E-state index contributed by atoms with van der Waals surface area (Å²) >= 11 is 0. The molecule has 0 bridgehead atoms. The van der Waals surface area contributed by atoms with Crippen LogP contribution >= 0.6 is 0 Å². The van der Waals surface area contributed by atoms with Crippen molar-refractivity contribution < 1.29 is 26.4 Å². The summed E-state index contributed by atoms with van der Waals surface area (Å²) in [6.45, 7) is 1.31. The fourth-order valence-corrected chi connectivity index (χ4v) is 2.96. The van der Waals surface area contributed by atoms with Gasteiger partial charge in [-0.25, -0.2) is 26.3 Å². The maximum absolute atomic E-state index is 13.4. The van der Waals surface area contributed by atoms with Crippen LogP contribution in [0.15, 0.2) is 41.3 Å². The molecule has 0 aliphatic carbocycles. The van der Waals surface area contributed by atoms with Crippen molar-refractivity contribution >= 4 is 21.6 Å². The van der Waals surface area contributed by atoms with Crippen molar-refractivity contribution in [3.05, 3.63) is 59.4 Å². The molecular weight excluding hydrogens is 357 g/mol. The molecule has 9 heteroatoms. The number of anilines is 1. The highest BCUT2D eigenvalue weighted by Crippen LogP contribution is 2.15. The molecule has 134 valence electrons. The lowest BCUT2D eigenvalue weighted by molar-refractivity contribution is -0.116.